The molecule has 0 heterocycles. The van der Waals surface area contributed by atoms with Gasteiger partial charge in [-0.05, 0) is 60.2 Å². The molecule has 0 aliphatic carbocycles. The van der Waals surface area contributed by atoms with Crippen LogP contribution in [0.15, 0.2) is 83.3 Å². The number of carbonyl (C=O) groups excluding carboxylic acids is 1. The molecule has 4 heteroatoms. The Morgan fingerprint density at radius 2 is 1.73 bits per heavy atom. The lowest BCUT2D eigenvalue weighted by atomic mass is 10.1. The van der Waals surface area contributed by atoms with Crippen LogP contribution in [0.2, 0.25) is 0 Å². The van der Waals surface area contributed by atoms with Crippen molar-refractivity contribution in [2.24, 2.45) is 0 Å². The third kappa shape index (κ3) is 4.83. The number of halogens is 1. The largest absolute Gasteiger partial charge is 0.508 e. The molecule has 0 aromatic heterocycles. The molecule has 0 unspecified atom stereocenters. The number of rotatable bonds is 6. The molecule has 1 N–H and O–H groups in total. The summed E-state index contributed by atoms with van der Waals surface area (Å²) >= 11 is 3.45. The molecule has 0 atom stereocenters. The first-order chi connectivity index (χ1) is 12.6. The van der Waals surface area contributed by atoms with Gasteiger partial charge in [0.2, 0.25) is 0 Å². The van der Waals surface area contributed by atoms with Crippen LogP contribution in [0.1, 0.15) is 21.5 Å². The number of aromatic hydroxyl groups is 1. The van der Waals surface area contributed by atoms with E-state index in [4.69, 9.17) is 4.74 Å². The van der Waals surface area contributed by atoms with Gasteiger partial charge in [-0.1, -0.05) is 46.3 Å². The molecule has 0 saturated carbocycles. The SMILES string of the molecule is O=C(/C=C/c1cc(Br)ccc1OCc1ccccc1)c1ccc(O)cc1. The van der Waals surface area contributed by atoms with E-state index in [0.717, 1.165) is 15.6 Å². The highest BCUT2D eigenvalue weighted by Crippen LogP contribution is 2.25. The Morgan fingerprint density at radius 1 is 1.00 bits per heavy atom. The third-order valence-electron chi connectivity index (χ3n) is 3.78. The monoisotopic (exact) mass is 408 g/mol. The Morgan fingerprint density at radius 3 is 2.46 bits per heavy atom. The van der Waals surface area contributed by atoms with Gasteiger partial charge in [0.1, 0.15) is 18.1 Å². The maximum Gasteiger partial charge on any atom is 0.185 e. The van der Waals surface area contributed by atoms with Crippen LogP contribution in [0.25, 0.3) is 6.08 Å². The number of benzene rings is 3. The Hall–Kier alpha value is -2.85. The fourth-order valence-corrected chi connectivity index (χ4v) is 2.78. The molecule has 3 rings (SSSR count). The van der Waals surface area contributed by atoms with Crippen molar-refractivity contribution in [2.75, 3.05) is 0 Å². The maximum atomic E-state index is 12.3. The number of hydrogen-bond donors (Lipinski definition) is 1. The molecule has 0 aliphatic rings. The first-order valence-electron chi connectivity index (χ1n) is 8.09. The van der Waals surface area contributed by atoms with Crippen molar-refractivity contribution < 1.29 is 14.6 Å². The fraction of sp³-hybridized carbons (Fsp3) is 0.0455. The Kier molecular flexibility index (Phi) is 5.87. The Balaban J connectivity index is 1.76. The van der Waals surface area contributed by atoms with E-state index in [2.05, 4.69) is 15.9 Å². The van der Waals surface area contributed by atoms with E-state index < -0.39 is 0 Å². The van der Waals surface area contributed by atoms with E-state index in [-0.39, 0.29) is 11.5 Å². The summed E-state index contributed by atoms with van der Waals surface area (Å²) in [5, 5.41) is 9.32. The second kappa shape index (κ2) is 8.50. The van der Waals surface area contributed by atoms with Crippen molar-refractivity contribution in [1.29, 1.82) is 0 Å². The quantitative estimate of drug-likeness (QED) is 0.424. The molecule has 3 aromatic rings. The van der Waals surface area contributed by atoms with Gasteiger partial charge in [-0.15, -0.1) is 0 Å². The minimum Gasteiger partial charge on any atom is -0.508 e. The molecule has 0 fully saturated rings. The van der Waals surface area contributed by atoms with Gasteiger partial charge >= 0.3 is 0 Å². The predicted molar refractivity (Wildman–Crippen MR) is 106 cm³/mol. The van der Waals surface area contributed by atoms with Crippen LogP contribution < -0.4 is 4.74 Å². The number of phenolic OH excluding ortho intramolecular Hbond substituents is 1. The van der Waals surface area contributed by atoms with Crippen LogP contribution >= 0.6 is 15.9 Å². The molecule has 0 radical (unpaired) electrons. The minimum absolute atomic E-state index is 0.133. The summed E-state index contributed by atoms with van der Waals surface area (Å²) in [6, 6.07) is 21.8. The predicted octanol–water partition coefficient (Wildman–Crippen LogP) is 5.63. The zero-order chi connectivity index (χ0) is 18.4. The summed E-state index contributed by atoms with van der Waals surface area (Å²) in [5.74, 6) is 0.694. The first-order valence-corrected chi connectivity index (χ1v) is 8.89. The molecule has 0 amide bonds. The summed E-state index contributed by atoms with van der Waals surface area (Å²) in [6.45, 7) is 0.454. The molecule has 3 nitrogen and oxygen atoms in total. The van der Waals surface area contributed by atoms with Crippen LogP contribution in [-0.4, -0.2) is 10.9 Å². The lowest BCUT2D eigenvalue weighted by molar-refractivity contribution is 0.104. The van der Waals surface area contributed by atoms with Gasteiger partial charge in [-0.3, -0.25) is 4.79 Å². The van der Waals surface area contributed by atoms with Gasteiger partial charge in [0, 0.05) is 15.6 Å². The van der Waals surface area contributed by atoms with Gasteiger partial charge in [0.15, 0.2) is 5.78 Å². The van der Waals surface area contributed by atoms with Crippen LogP contribution in [0, 0.1) is 0 Å². The van der Waals surface area contributed by atoms with Crippen LogP contribution in [0.4, 0.5) is 0 Å². The van der Waals surface area contributed by atoms with Gasteiger partial charge in [-0.2, -0.15) is 0 Å². The standard InChI is InChI=1S/C22H17BrO3/c23-19-9-13-22(26-15-16-4-2-1-3-5-16)18(14-19)8-12-21(25)17-6-10-20(24)11-7-17/h1-14,24H,15H2/b12-8+. The summed E-state index contributed by atoms with van der Waals surface area (Å²) < 4.78 is 6.82. The van der Waals surface area contributed by atoms with Gasteiger partial charge in [0.25, 0.3) is 0 Å². The Labute approximate surface area is 160 Å². The molecule has 0 bridgehead atoms. The van der Waals surface area contributed by atoms with Crippen molar-refractivity contribution in [3.63, 3.8) is 0 Å². The van der Waals surface area contributed by atoms with Gasteiger partial charge < -0.3 is 9.84 Å². The highest BCUT2D eigenvalue weighted by Gasteiger charge is 2.05. The van der Waals surface area contributed by atoms with Crippen LogP contribution in [0.3, 0.4) is 0 Å². The van der Waals surface area contributed by atoms with E-state index in [9.17, 15) is 9.90 Å². The topological polar surface area (TPSA) is 46.5 Å². The summed E-state index contributed by atoms with van der Waals surface area (Å²) in [7, 11) is 0. The lowest BCUT2D eigenvalue weighted by Gasteiger charge is -2.10. The second-order valence-electron chi connectivity index (χ2n) is 5.70. The molecule has 130 valence electrons. The number of hydrogen-bond acceptors (Lipinski definition) is 3. The van der Waals surface area contributed by atoms with Crippen molar-refractivity contribution in [3.05, 3.63) is 100 Å². The molecule has 0 saturated heterocycles. The third-order valence-corrected chi connectivity index (χ3v) is 4.27. The molecule has 0 aliphatic heterocycles. The fourth-order valence-electron chi connectivity index (χ4n) is 2.40. The van der Waals surface area contributed by atoms with Crippen molar-refractivity contribution >= 4 is 27.8 Å². The lowest BCUT2D eigenvalue weighted by Crippen LogP contribution is -1.97. The average molecular weight is 409 g/mol. The maximum absolute atomic E-state index is 12.3. The first kappa shape index (κ1) is 18.0. The summed E-state index contributed by atoms with van der Waals surface area (Å²) in [6.07, 6.45) is 3.24. The molecule has 0 spiro atoms. The van der Waals surface area contributed by atoms with E-state index in [1.807, 2.05) is 48.5 Å². The van der Waals surface area contributed by atoms with Gasteiger partial charge in [-0.25, -0.2) is 0 Å². The van der Waals surface area contributed by atoms with Crippen molar-refractivity contribution in [2.45, 2.75) is 6.61 Å². The molecule has 3 aromatic carbocycles. The van der Waals surface area contributed by atoms with E-state index in [1.54, 1.807) is 18.2 Å². The average Bonchev–Trinajstić information content (AvgIpc) is 2.66. The summed E-state index contributed by atoms with van der Waals surface area (Å²) in [4.78, 5) is 12.3. The highest BCUT2D eigenvalue weighted by molar-refractivity contribution is 9.10. The van der Waals surface area contributed by atoms with Crippen molar-refractivity contribution in [1.82, 2.24) is 0 Å². The number of carbonyl (C=O) groups is 1. The zero-order valence-corrected chi connectivity index (χ0v) is 15.5. The second-order valence-corrected chi connectivity index (χ2v) is 6.62. The normalized spacial score (nSPS) is 10.8. The molecular weight excluding hydrogens is 392 g/mol. The molecular formula is C22H17BrO3. The number of phenols is 1. The van der Waals surface area contributed by atoms with E-state index in [0.29, 0.717) is 17.9 Å². The van der Waals surface area contributed by atoms with Crippen LogP contribution in [-0.2, 0) is 6.61 Å². The van der Waals surface area contributed by atoms with Crippen LogP contribution in [0.5, 0.6) is 11.5 Å². The van der Waals surface area contributed by atoms with E-state index in [1.165, 1.54) is 18.2 Å². The van der Waals surface area contributed by atoms with E-state index >= 15 is 0 Å². The van der Waals surface area contributed by atoms with Crippen molar-refractivity contribution in [3.8, 4) is 11.5 Å². The summed E-state index contributed by atoms with van der Waals surface area (Å²) in [5.41, 5.74) is 2.40. The highest BCUT2D eigenvalue weighted by atomic mass is 79.9. The Bertz CT molecular complexity index is 916. The zero-order valence-electron chi connectivity index (χ0n) is 13.9. The minimum atomic E-state index is -0.140. The molecule has 26 heavy (non-hydrogen) atoms. The number of ether oxygens (including phenoxy) is 1. The van der Waals surface area contributed by atoms with Gasteiger partial charge in [0.05, 0.1) is 0 Å². The number of allylic oxidation sites excluding steroid dienone is 1. The number of ketones is 1. The smallest absolute Gasteiger partial charge is 0.185 e.